The van der Waals surface area contributed by atoms with Gasteiger partial charge in [-0.3, -0.25) is 0 Å². The van der Waals surface area contributed by atoms with Crippen LogP contribution in [0.5, 0.6) is 5.75 Å². The molecule has 0 aliphatic carbocycles. The van der Waals surface area contributed by atoms with Crippen LogP contribution in [0.2, 0.25) is 10.2 Å². The molecule has 0 radical (unpaired) electrons. The van der Waals surface area contributed by atoms with Crippen molar-refractivity contribution in [2.24, 2.45) is 0 Å². The van der Waals surface area contributed by atoms with E-state index < -0.39 is 0 Å². The van der Waals surface area contributed by atoms with Crippen molar-refractivity contribution in [3.63, 3.8) is 0 Å². The highest BCUT2D eigenvalue weighted by Crippen LogP contribution is 2.36. The van der Waals surface area contributed by atoms with Gasteiger partial charge >= 0.3 is 0 Å². The lowest BCUT2D eigenvalue weighted by Gasteiger charge is -2.21. The van der Waals surface area contributed by atoms with Crippen LogP contribution in [0.1, 0.15) is 26.5 Å². The fourth-order valence-electron chi connectivity index (χ4n) is 1.89. The molecule has 6 heteroatoms. The van der Waals surface area contributed by atoms with Crippen molar-refractivity contribution in [3.8, 4) is 17.1 Å². The third-order valence-corrected chi connectivity index (χ3v) is 4.41. The predicted octanol–water partition coefficient (Wildman–Crippen LogP) is 5.52. The molecule has 2 aromatic rings. The van der Waals surface area contributed by atoms with Gasteiger partial charge in [0.1, 0.15) is 10.9 Å². The van der Waals surface area contributed by atoms with Crippen molar-refractivity contribution >= 4 is 39.1 Å². The summed E-state index contributed by atoms with van der Waals surface area (Å²) in [6.45, 7) is 6.21. The molecule has 0 atom stereocenters. The molecule has 0 amide bonds. The smallest absolute Gasteiger partial charge is 0.164 e. The molecule has 21 heavy (non-hydrogen) atoms. The summed E-state index contributed by atoms with van der Waals surface area (Å²) in [5, 5.41) is 0.969. The van der Waals surface area contributed by atoms with Crippen molar-refractivity contribution in [1.29, 1.82) is 0 Å². The fraction of sp³-hybridized carbons (Fsp3) is 0.333. The predicted molar refractivity (Wildman–Crippen MR) is 90.4 cm³/mol. The average molecular weight is 390 g/mol. The van der Waals surface area contributed by atoms with Crippen molar-refractivity contribution in [2.45, 2.75) is 26.2 Å². The van der Waals surface area contributed by atoms with E-state index in [0.29, 0.717) is 26.2 Å². The molecule has 0 unspecified atom stereocenters. The first-order valence-electron chi connectivity index (χ1n) is 6.31. The highest BCUT2D eigenvalue weighted by atomic mass is 79.9. The van der Waals surface area contributed by atoms with Crippen molar-refractivity contribution in [3.05, 3.63) is 38.5 Å². The summed E-state index contributed by atoms with van der Waals surface area (Å²) >= 11 is 15.7. The second-order valence-corrected chi connectivity index (χ2v) is 7.18. The highest BCUT2D eigenvalue weighted by molar-refractivity contribution is 9.10. The standard InChI is InChI=1S/C15H15BrCl2N2O/c1-15(2,3)12-11(16)13(18)20-14(19-12)9-6-5-8(17)7-10(9)21-4/h5-7H,1-4H3. The minimum Gasteiger partial charge on any atom is -0.496 e. The van der Waals surface area contributed by atoms with Gasteiger partial charge < -0.3 is 4.74 Å². The molecule has 0 bridgehead atoms. The van der Waals surface area contributed by atoms with E-state index in [1.807, 2.05) is 6.07 Å². The number of nitrogens with zero attached hydrogens (tertiary/aromatic N) is 2. The van der Waals surface area contributed by atoms with Gasteiger partial charge in [-0.05, 0) is 34.1 Å². The monoisotopic (exact) mass is 388 g/mol. The molecule has 0 spiro atoms. The van der Waals surface area contributed by atoms with Crippen molar-refractivity contribution in [1.82, 2.24) is 9.97 Å². The zero-order valence-electron chi connectivity index (χ0n) is 12.2. The molecule has 1 aromatic carbocycles. The Bertz CT molecular complexity index is 684. The van der Waals surface area contributed by atoms with Crippen LogP contribution in [0.25, 0.3) is 11.4 Å². The Labute approximate surface area is 142 Å². The Hall–Kier alpha value is -0.840. The van der Waals surface area contributed by atoms with E-state index >= 15 is 0 Å². The summed E-state index contributed by atoms with van der Waals surface area (Å²) in [4.78, 5) is 8.99. The molecular formula is C15H15BrCl2N2O. The van der Waals surface area contributed by atoms with E-state index in [0.717, 1.165) is 11.3 Å². The Balaban J connectivity index is 2.68. The first-order chi connectivity index (χ1) is 9.74. The van der Waals surface area contributed by atoms with Gasteiger partial charge in [-0.15, -0.1) is 0 Å². The van der Waals surface area contributed by atoms with Crippen molar-refractivity contribution < 1.29 is 4.74 Å². The van der Waals surface area contributed by atoms with Crippen LogP contribution in [0.3, 0.4) is 0 Å². The fourth-order valence-corrected chi connectivity index (χ4v) is 2.99. The van der Waals surface area contributed by atoms with E-state index in [-0.39, 0.29) is 5.41 Å². The minimum absolute atomic E-state index is 0.167. The number of ether oxygens (including phenoxy) is 1. The number of hydrogen-bond donors (Lipinski definition) is 0. The van der Waals surface area contributed by atoms with Gasteiger partial charge in [-0.1, -0.05) is 44.0 Å². The van der Waals surface area contributed by atoms with E-state index in [4.69, 9.17) is 27.9 Å². The molecule has 0 aliphatic rings. The van der Waals surface area contributed by atoms with Gasteiger partial charge in [0, 0.05) is 10.4 Å². The summed E-state index contributed by atoms with van der Waals surface area (Å²) in [6, 6.07) is 5.33. The summed E-state index contributed by atoms with van der Waals surface area (Å²) in [5.74, 6) is 1.13. The largest absolute Gasteiger partial charge is 0.496 e. The summed E-state index contributed by atoms with van der Waals surface area (Å²) in [6.07, 6.45) is 0. The Morgan fingerprint density at radius 2 is 1.81 bits per heavy atom. The van der Waals surface area contributed by atoms with E-state index in [1.165, 1.54) is 0 Å². The number of benzene rings is 1. The molecule has 0 fully saturated rings. The minimum atomic E-state index is -0.167. The number of rotatable bonds is 2. The third-order valence-electron chi connectivity index (χ3n) is 2.93. The molecule has 0 aliphatic heterocycles. The maximum absolute atomic E-state index is 6.24. The van der Waals surface area contributed by atoms with Crippen LogP contribution < -0.4 is 4.74 Å². The van der Waals surface area contributed by atoms with Gasteiger partial charge in [-0.25, -0.2) is 9.97 Å². The Morgan fingerprint density at radius 3 is 2.38 bits per heavy atom. The molecule has 0 saturated carbocycles. The second-order valence-electron chi connectivity index (χ2n) is 5.60. The molecule has 0 saturated heterocycles. The van der Waals surface area contributed by atoms with Gasteiger partial charge in [0.15, 0.2) is 5.82 Å². The van der Waals surface area contributed by atoms with Gasteiger partial charge in [-0.2, -0.15) is 0 Å². The van der Waals surface area contributed by atoms with E-state index in [2.05, 4.69) is 46.7 Å². The number of hydrogen-bond acceptors (Lipinski definition) is 3. The zero-order valence-corrected chi connectivity index (χ0v) is 15.3. The Morgan fingerprint density at radius 1 is 1.14 bits per heavy atom. The molecule has 112 valence electrons. The lowest BCUT2D eigenvalue weighted by molar-refractivity contribution is 0.416. The lowest BCUT2D eigenvalue weighted by atomic mass is 9.92. The van der Waals surface area contributed by atoms with Crippen LogP contribution in [-0.2, 0) is 5.41 Å². The normalized spacial score (nSPS) is 11.6. The summed E-state index contributed by atoms with van der Waals surface area (Å²) < 4.78 is 6.07. The van der Waals surface area contributed by atoms with Gasteiger partial charge in [0.25, 0.3) is 0 Å². The average Bonchev–Trinajstić information content (AvgIpc) is 2.40. The zero-order chi connectivity index (χ0) is 15.8. The summed E-state index contributed by atoms with van der Waals surface area (Å²) in [7, 11) is 1.58. The number of aromatic nitrogens is 2. The van der Waals surface area contributed by atoms with Crippen LogP contribution >= 0.6 is 39.1 Å². The molecule has 0 N–H and O–H groups in total. The van der Waals surface area contributed by atoms with Gasteiger partial charge in [0.2, 0.25) is 0 Å². The second kappa shape index (κ2) is 6.11. The quantitative estimate of drug-likeness (QED) is 0.634. The van der Waals surface area contributed by atoms with Crippen LogP contribution in [0.15, 0.2) is 22.7 Å². The highest BCUT2D eigenvalue weighted by Gasteiger charge is 2.23. The third kappa shape index (κ3) is 3.50. The van der Waals surface area contributed by atoms with Crippen LogP contribution in [0, 0.1) is 0 Å². The molecule has 1 aromatic heterocycles. The van der Waals surface area contributed by atoms with Crippen molar-refractivity contribution in [2.75, 3.05) is 7.11 Å². The molecule has 2 rings (SSSR count). The lowest BCUT2D eigenvalue weighted by Crippen LogP contribution is -2.16. The van der Waals surface area contributed by atoms with E-state index in [9.17, 15) is 0 Å². The van der Waals surface area contributed by atoms with Gasteiger partial charge in [0.05, 0.1) is 22.8 Å². The molecule has 1 heterocycles. The first kappa shape index (κ1) is 16.5. The maximum atomic E-state index is 6.24. The SMILES string of the molecule is COc1cc(Cl)ccc1-c1nc(Cl)c(Br)c(C(C)(C)C)n1. The topological polar surface area (TPSA) is 35.0 Å². The molecular weight excluding hydrogens is 375 g/mol. The Kier molecular flexibility index (Phi) is 4.81. The molecule has 3 nitrogen and oxygen atoms in total. The van der Waals surface area contributed by atoms with Crippen LogP contribution in [0.4, 0.5) is 0 Å². The van der Waals surface area contributed by atoms with E-state index in [1.54, 1.807) is 19.2 Å². The number of halogens is 3. The maximum Gasteiger partial charge on any atom is 0.164 e. The summed E-state index contributed by atoms with van der Waals surface area (Å²) in [5.41, 5.74) is 1.43. The first-order valence-corrected chi connectivity index (χ1v) is 7.86. The number of methoxy groups -OCH3 is 1. The van der Waals surface area contributed by atoms with Crippen LogP contribution in [-0.4, -0.2) is 17.1 Å².